The number of hydrogen-bond acceptors (Lipinski definition) is 5. The van der Waals surface area contributed by atoms with Gasteiger partial charge < -0.3 is 14.2 Å². The maximum absolute atomic E-state index is 15.0. The second-order valence-electron chi connectivity index (χ2n) is 7.63. The van der Waals surface area contributed by atoms with E-state index in [-0.39, 0.29) is 10.9 Å². The standard InChI is InChI=1S/C19H27FN3OSSi/c1-19(2,3)26(4)24-14-15-6-5-7-16(17(15)20)22-9-11-23(12-10-22)18-21-8-13-25-18/h5-8,13H,9-12,14H2,1-4H3. The highest BCUT2D eigenvalue weighted by Gasteiger charge is 2.25. The van der Waals surface area contributed by atoms with Crippen LogP contribution in [0.4, 0.5) is 15.2 Å². The minimum Gasteiger partial charge on any atom is -0.412 e. The molecule has 0 N–H and O–H groups in total. The van der Waals surface area contributed by atoms with Crippen LogP contribution in [0.1, 0.15) is 26.3 Å². The number of anilines is 2. The Hall–Kier alpha value is -1.44. The van der Waals surface area contributed by atoms with E-state index in [1.165, 1.54) is 0 Å². The Morgan fingerprint density at radius 3 is 2.50 bits per heavy atom. The van der Waals surface area contributed by atoms with Gasteiger partial charge in [-0.2, -0.15) is 0 Å². The molecule has 0 aliphatic carbocycles. The van der Waals surface area contributed by atoms with Gasteiger partial charge in [0.2, 0.25) is 9.04 Å². The summed E-state index contributed by atoms with van der Waals surface area (Å²) in [5, 5.41) is 3.18. The van der Waals surface area contributed by atoms with Crippen LogP contribution in [0.5, 0.6) is 0 Å². The molecule has 1 aromatic carbocycles. The van der Waals surface area contributed by atoms with Crippen molar-refractivity contribution < 1.29 is 8.82 Å². The van der Waals surface area contributed by atoms with Crippen molar-refractivity contribution in [2.45, 2.75) is 39.0 Å². The lowest BCUT2D eigenvalue weighted by molar-refractivity contribution is 0.288. The van der Waals surface area contributed by atoms with Crippen molar-refractivity contribution in [2.24, 2.45) is 0 Å². The summed E-state index contributed by atoms with van der Waals surface area (Å²) in [5.74, 6) is -0.140. The zero-order valence-electron chi connectivity index (χ0n) is 16.0. The quantitative estimate of drug-likeness (QED) is 0.698. The summed E-state index contributed by atoms with van der Waals surface area (Å²) in [6.07, 6.45) is 1.83. The predicted molar refractivity (Wildman–Crippen MR) is 109 cm³/mol. The lowest BCUT2D eigenvalue weighted by atomic mass is 10.1. The maximum atomic E-state index is 15.0. The molecular weight excluding hydrogens is 365 g/mol. The fourth-order valence-corrected chi connectivity index (χ4v) is 4.34. The molecule has 2 heterocycles. The van der Waals surface area contributed by atoms with Gasteiger partial charge in [-0.05, 0) is 17.7 Å². The molecule has 0 spiro atoms. The summed E-state index contributed by atoms with van der Waals surface area (Å²) in [6.45, 7) is 12.3. The van der Waals surface area contributed by atoms with E-state index in [2.05, 4.69) is 42.1 Å². The van der Waals surface area contributed by atoms with Gasteiger partial charge in [-0.15, -0.1) is 11.3 Å². The Balaban J connectivity index is 1.64. The van der Waals surface area contributed by atoms with Crippen LogP contribution in [0, 0.1) is 5.82 Å². The van der Waals surface area contributed by atoms with Crippen LogP contribution in [-0.4, -0.2) is 40.2 Å². The normalized spacial score (nSPS) is 15.8. The third-order valence-electron chi connectivity index (χ3n) is 4.87. The van der Waals surface area contributed by atoms with Gasteiger partial charge in [0.05, 0.1) is 12.3 Å². The molecule has 1 aliphatic heterocycles. The zero-order valence-corrected chi connectivity index (χ0v) is 17.8. The van der Waals surface area contributed by atoms with Gasteiger partial charge in [-0.1, -0.05) is 32.9 Å². The Bertz CT molecular complexity index is 712. The maximum Gasteiger partial charge on any atom is 0.214 e. The fourth-order valence-electron chi connectivity index (χ4n) is 2.84. The van der Waals surface area contributed by atoms with Crippen molar-refractivity contribution in [1.82, 2.24) is 4.98 Å². The van der Waals surface area contributed by atoms with Gasteiger partial charge in [-0.25, -0.2) is 9.37 Å². The molecule has 1 saturated heterocycles. The molecule has 0 unspecified atom stereocenters. The van der Waals surface area contributed by atoms with E-state index in [1.807, 2.05) is 29.8 Å². The highest BCUT2D eigenvalue weighted by Crippen LogP contribution is 2.30. The SMILES string of the molecule is C[Si](OCc1cccc(N2CCN(c3nccs3)CC2)c1F)C(C)(C)C. The van der Waals surface area contributed by atoms with Crippen LogP contribution >= 0.6 is 11.3 Å². The number of thiazole rings is 1. The van der Waals surface area contributed by atoms with E-state index in [9.17, 15) is 0 Å². The van der Waals surface area contributed by atoms with Crippen molar-refractivity contribution in [3.8, 4) is 0 Å². The first-order valence-electron chi connectivity index (χ1n) is 9.00. The first-order valence-corrected chi connectivity index (χ1v) is 11.8. The van der Waals surface area contributed by atoms with Gasteiger partial charge >= 0.3 is 0 Å². The van der Waals surface area contributed by atoms with Crippen molar-refractivity contribution in [3.05, 3.63) is 41.2 Å². The average molecular weight is 393 g/mol. The molecule has 2 aromatic rings. The Kier molecular flexibility index (Phi) is 5.99. The third-order valence-corrected chi connectivity index (χ3v) is 8.39. The number of aromatic nitrogens is 1. The molecule has 0 saturated carbocycles. The van der Waals surface area contributed by atoms with Crippen LogP contribution in [0.2, 0.25) is 11.6 Å². The number of hydrogen-bond donors (Lipinski definition) is 0. The Morgan fingerprint density at radius 1 is 1.19 bits per heavy atom. The number of benzene rings is 1. The molecule has 1 aromatic heterocycles. The minimum absolute atomic E-state index is 0.140. The predicted octanol–water partition coefficient (Wildman–Crippen LogP) is 4.55. The molecule has 1 fully saturated rings. The Morgan fingerprint density at radius 2 is 1.88 bits per heavy atom. The first kappa shape index (κ1) is 19.3. The topological polar surface area (TPSA) is 28.6 Å². The molecule has 1 radical (unpaired) electrons. The summed E-state index contributed by atoms with van der Waals surface area (Å²) in [5.41, 5.74) is 1.34. The van der Waals surface area contributed by atoms with E-state index < -0.39 is 9.04 Å². The molecule has 1 aliphatic rings. The second kappa shape index (κ2) is 8.06. The lowest BCUT2D eigenvalue weighted by Crippen LogP contribution is -2.46. The fraction of sp³-hybridized carbons (Fsp3) is 0.526. The van der Waals surface area contributed by atoms with Gasteiger partial charge in [0.1, 0.15) is 0 Å². The highest BCUT2D eigenvalue weighted by atomic mass is 32.1. The van der Waals surface area contributed by atoms with Gasteiger partial charge in [0.25, 0.3) is 0 Å². The summed E-state index contributed by atoms with van der Waals surface area (Å²) in [7, 11) is -0.981. The van der Waals surface area contributed by atoms with E-state index in [1.54, 1.807) is 11.3 Å². The van der Waals surface area contributed by atoms with E-state index in [4.69, 9.17) is 4.43 Å². The van der Waals surface area contributed by atoms with Gasteiger partial charge in [0, 0.05) is 43.3 Å². The number of halogens is 1. The summed E-state index contributed by atoms with van der Waals surface area (Å²) in [4.78, 5) is 8.76. The summed E-state index contributed by atoms with van der Waals surface area (Å²) in [6, 6.07) is 5.64. The number of rotatable bonds is 5. The van der Waals surface area contributed by atoms with Crippen LogP contribution in [0.15, 0.2) is 29.8 Å². The van der Waals surface area contributed by atoms with Gasteiger partial charge in [-0.3, -0.25) is 0 Å². The molecule has 7 heteroatoms. The molecular formula is C19H27FN3OSSi. The largest absolute Gasteiger partial charge is 0.412 e. The second-order valence-corrected chi connectivity index (χ2v) is 11.4. The molecule has 0 bridgehead atoms. The molecule has 0 amide bonds. The van der Waals surface area contributed by atoms with Crippen molar-refractivity contribution in [3.63, 3.8) is 0 Å². The van der Waals surface area contributed by atoms with E-state index in [0.717, 1.165) is 31.3 Å². The zero-order chi connectivity index (χ0) is 18.7. The minimum atomic E-state index is -0.981. The lowest BCUT2D eigenvalue weighted by Gasteiger charge is -2.36. The highest BCUT2D eigenvalue weighted by molar-refractivity contribution is 7.13. The van der Waals surface area contributed by atoms with E-state index >= 15 is 4.39 Å². The summed E-state index contributed by atoms with van der Waals surface area (Å²) >= 11 is 1.65. The molecule has 4 nitrogen and oxygen atoms in total. The summed E-state index contributed by atoms with van der Waals surface area (Å²) < 4.78 is 21.1. The molecule has 3 rings (SSSR count). The van der Waals surface area contributed by atoms with Crippen LogP contribution < -0.4 is 9.80 Å². The van der Waals surface area contributed by atoms with Crippen LogP contribution in [-0.2, 0) is 11.0 Å². The number of nitrogens with zero attached hydrogens (tertiary/aromatic N) is 3. The van der Waals surface area contributed by atoms with E-state index in [0.29, 0.717) is 17.9 Å². The van der Waals surface area contributed by atoms with Crippen LogP contribution in [0.3, 0.4) is 0 Å². The van der Waals surface area contributed by atoms with Crippen LogP contribution in [0.25, 0.3) is 0 Å². The smallest absolute Gasteiger partial charge is 0.214 e. The number of piperazine rings is 1. The Labute approximate surface area is 161 Å². The van der Waals surface area contributed by atoms with Crippen molar-refractivity contribution in [2.75, 3.05) is 36.0 Å². The van der Waals surface area contributed by atoms with Crippen molar-refractivity contribution >= 4 is 31.2 Å². The first-order chi connectivity index (χ1) is 12.4. The molecule has 0 atom stereocenters. The molecule has 26 heavy (non-hydrogen) atoms. The molecule has 141 valence electrons. The third kappa shape index (κ3) is 4.45. The van der Waals surface area contributed by atoms with Crippen molar-refractivity contribution in [1.29, 1.82) is 0 Å². The van der Waals surface area contributed by atoms with Gasteiger partial charge in [0.15, 0.2) is 10.9 Å². The average Bonchev–Trinajstić information content (AvgIpc) is 3.14. The monoisotopic (exact) mass is 392 g/mol.